The number of carbonyl (C=O) groups excluding carboxylic acids is 3. The number of hydroxylamine groups is 1. The van der Waals surface area contributed by atoms with E-state index in [1.165, 1.54) is 11.3 Å². The number of nitrogens with two attached hydrogens (primary N) is 1. The van der Waals surface area contributed by atoms with Crippen molar-refractivity contribution in [3.05, 3.63) is 87.4 Å². The molecule has 2 heterocycles. The molecule has 0 spiro atoms. The number of nitrogens with one attached hydrogen (secondary N) is 3. The number of urea groups is 1. The van der Waals surface area contributed by atoms with Crippen LogP contribution in [-0.4, -0.2) is 23.1 Å². The van der Waals surface area contributed by atoms with E-state index < -0.39 is 11.9 Å². The summed E-state index contributed by atoms with van der Waals surface area (Å²) in [6, 6.07) is 20.4. The molecule has 4 amide bonds. The van der Waals surface area contributed by atoms with Gasteiger partial charge in [-0.25, -0.2) is 10.3 Å². The van der Waals surface area contributed by atoms with Gasteiger partial charge in [-0.2, -0.15) is 0 Å². The molecule has 0 saturated heterocycles. The fourth-order valence-corrected chi connectivity index (χ4v) is 4.58. The molecular formula is C24H24N4O4S2. The highest BCUT2D eigenvalue weighted by Gasteiger charge is 2.10. The first-order chi connectivity index (χ1) is 16.4. The summed E-state index contributed by atoms with van der Waals surface area (Å²) in [7, 11) is 0. The van der Waals surface area contributed by atoms with Crippen molar-refractivity contribution in [1.29, 1.82) is 0 Å². The Kier molecular flexibility index (Phi) is 9.15. The van der Waals surface area contributed by atoms with Gasteiger partial charge in [-0.3, -0.25) is 14.8 Å². The normalized spacial score (nSPS) is 10.1. The van der Waals surface area contributed by atoms with Crippen molar-refractivity contribution in [2.75, 3.05) is 5.32 Å². The van der Waals surface area contributed by atoms with E-state index in [9.17, 15) is 14.4 Å². The second kappa shape index (κ2) is 12.5. The lowest BCUT2D eigenvalue weighted by atomic mass is 10.1. The van der Waals surface area contributed by atoms with E-state index >= 15 is 0 Å². The number of fused-ring (bicyclic) bond motifs is 1. The van der Waals surface area contributed by atoms with Crippen LogP contribution >= 0.6 is 22.7 Å². The molecule has 0 fully saturated rings. The van der Waals surface area contributed by atoms with Gasteiger partial charge in [-0.1, -0.05) is 36.4 Å². The van der Waals surface area contributed by atoms with Crippen LogP contribution in [-0.2, 0) is 17.8 Å². The molecule has 34 heavy (non-hydrogen) atoms. The second-order valence-electron chi connectivity index (χ2n) is 7.14. The zero-order valence-corrected chi connectivity index (χ0v) is 19.7. The molecule has 4 aromatic rings. The maximum Gasteiger partial charge on any atom is 0.312 e. The maximum atomic E-state index is 12.1. The van der Waals surface area contributed by atoms with Gasteiger partial charge >= 0.3 is 6.03 Å². The molecule has 0 radical (unpaired) electrons. The fraction of sp³-hybridized carbons (Fsp3) is 0.125. The molecule has 8 nitrogen and oxygen atoms in total. The van der Waals surface area contributed by atoms with Crippen LogP contribution in [0.25, 0.3) is 10.1 Å². The Morgan fingerprint density at radius 2 is 1.76 bits per heavy atom. The highest BCUT2D eigenvalue weighted by atomic mass is 32.1. The van der Waals surface area contributed by atoms with E-state index in [1.807, 2.05) is 60.0 Å². The van der Waals surface area contributed by atoms with Crippen molar-refractivity contribution in [1.82, 2.24) is 10.8 Å². The predicted octanol–water partition coefficient (Wildman–Crippen LogP) is 4.51. The van der Waals surface area contributed by atoms with Crippen LogP contribution in [0.4, 0.5) is 10.5 Å². The number of carbonyl (C=O) groups is 3. The van der Waals surface area contributed by atoms with Crippen LogP contribution in [0, 0.1) is 0 Å². The minimum Gasteiger partial charge on any atom is -0.352 e. The fourth-order valence-electron chi connectivity index (χ4n) is 3.00. The number of anilines is 1. The third kappa shape index (κ3) is 7.69. The number of benzene rings is 2. The van der Waals surface area contributed by atoms with Crippen LogP contribution in [0.5, 0.6) is 0 Å². The Bertz CT molecular complexity index is 1240. The van der Waals surface area contributed by atoms with E-state index in [-0.39, 0.29) is 5.91 Å². The predicted molar refractivity (Wildman–Crippen MR) is 135 cm³/mol. The quantitative estimate of drug-likeness (QED) is 0.190. The topological polar surface area (TPSA) is 134 Å². The molecule has 176 valence electrons. The Morgan fingerprint density at radius 1 is 0.971 bits per heavy atom. The van der Waals surface area contributed by atoms with Crippen LogP contribution in [0.3, 0.4) is 0 Å². The molecule has 4 rings (SSSR count). The van der Waals surface area contributed by atoms with Crippen molar-refractivity contribution < 1.29 is 19.6 Å². The number of amides is 4. The first-order valence-corrected chi connectivity index (χ1v) is 12.0. The van der Waals surface area contributed by atoms with Crippen LogP contribution in [0.1, 0.15) is 26.5 Å². The molecule has 10 heteroatoms. The number of primary amides is 1. The van der Waals surface area contributed by atoms with E-state index in [0.29, 0.717) is 30.0 Å². The standard InChI is InChI=1S/C18H16N2O3S.C6H8N2OS/c21-17(9-6-12-4-2-1-3-5-12)19-14-7-8-15-13(10-14)11-16(24-15)18(22)20-23;7-6(9)8-4-5-2-1-3-10-5/h1-5,7-8,10-11,23H,6,9H2,(H,19,21)(H,20,22);1-3H,4H2,(H3,7,8,9). The van der Waals surface area contributed by atoms with Crippen molar-refractivity contribution in [2.45, 2.75) is 19.4 Å². The Hall–Kier alpha value is -3.73. The van der Waals surface area contributed by atoms with Gasteiger partial charge in [0.05, 0.1) is 11.4 Å². The van der Waals surface area contributed by atoms with Crippen molar-refractivity contribution >= 4 is 56.3 Å². The Balaban J connectivity index is 0.000000271. The largest absolute Gasteiger partial charge is 0.352 e. The molecule has 0 aliphatic heterocycles. The van der Waals surface area contributed by atoms with Crippen molar-refractivity contribution in [3.63, 3.8) is 0 Å². The number of aryl methyl sites for hydroxylation is 1. The first-order valence-electron chi connectivity index (χ1n) is 10.3. The van der Waals surface area contributed by atoms with Crippen molar-refractivity contribution in [3.8, 4) is 0 Å². The van der Waals surface area contributed by atoms with Gasteiger partial charge in [0, 0.05) is 21.7 Å². The molecule has 0 aliphatic carbocycles. The first kappa shape index (κ1) is 24.9. The summed E-state index contributed by atoms with van der Waals surface area (Å²) in [6.07, 6.45) is 1.10. The highest BCUT2D eigenvalue weighted by Crippen LogP contribution is 2.28. The smallest absolute Gasteiger partial charge is 0.312 e. The zero-order valence-electron chi connectivity index (χ0n) is 18.1. The van der Waals surface area contributed by atoms with Crippen LogP contribution < -0.4 is 21.8 Å². The van der Waals surface area contributed by atoms with E-state index in [2.05, 4.69) is 10.6 Å². The summed E-state index contributed by atoms with van der Waals surface area (Å²) in [5.41, 5.74) is 8.30. The average molecular weight is 497 g/mol. The van der Waals surface area contributed by atoms with Gasteiger partial charge in [0.15, 0.2) is 0 Å². The molecule has 2 aromatic heterocycles. The molecule has 2 aromatic carbocycles. The zero-order chi connectivity index (χ0) is 24.3. The minimum atomic E-state index is -0.537. The molecule has 0 bridgehead atoms. The lowest BCUT2D eigenvalue weighted by Crippen LogP contribution is -2.28. The second-order valence-corrected chi connectivity index (χ2v) is 9.25. The summed E-state index contributed by atoms with van der Waals surface area (Å²) in [5, 5.41) is 16.9. The lowest BCUT2D eigenvalue weighted by molar-refractivity contribution is -0.116. The van der Waals surface area contributed by atoms with Gasteiger partial charge in [0.2, 0.25) is 5.91 Å². The molecule has 0 aliphatic rings. The van der Waals surface area contributed by atoms with Gasteiger partial charge in [0.1, 0.15) is 0 Å². The monoisotopic (exact) mass is 496 g/mol. The van der Waals surface area contributed by atoms with Gasteiger partial charge in [-0.05, 0) is 53.1 Å². The highest BCUT2D eigenvalue weighted by molar-refractivity contribution is 7.20. The number of rotatable bonds is 7. The number of thiophene rings is 2. The molecule has 0 unspecified atom stereocenters. The van der Waals surface area contributed by atoms with Crippen molar-refractivity contribution in [2.24, 2.45) is 5.73 Å². The number of hydrogen-bond acceptors (Lipinski definition) is 6. The summed E-state index contributed by atoms with van der Waals surface area (Å²) < 4.78 is 0.913. The Labute approximate surface area is 204 Å². The number of hydrogen-bond donors (Lipinski definition) is 5. The molecule has 0 saturated carbocycles. The van der Waals surface area contributed by atoms with E-state index in [1.54, 1.807) is 28.9 Å². The molecular weight excluding hydrogens is 472 g/mol. The summed E-state index contributed by atoms with van der Waals surface area (Å²) >= 11 is 2.87. The molecule has 0 atom stereocenters. The van der Waals surface area contributed by atoms with Gasteiger partial charge < -0.3 is 16.4 Å². The molecule has 6 N–H and O–H groups in total. The minimum absolute atomic E-state index is 0.0539. The lowest BCUT2D eigenvalue weighted by Gasteiger charge is -2.05. The summed E-state index contributed by atoms with van der Waals surface area (Å²) in [5.74, 6) is -0.591. The SMILES string of the molecule is NC(=O)NCc1cccs1.O=C(CCc1ccccc1)Nc1ccc2sc(C(=O)NO)cc2c1. The van der Waals surface area contributed by atoms with E-state index in [4.69, 9.17) is 10.9 Å². The Morgan fingerprint density at radius 3 is 2.44 bits per heavy atom. The third-order valence-electron chi connectivity index (χ3n) is 4.63. The van der Waals surface area contributed by atoms with E-state index in [0.717, 1.165) is 20.5 Å². The third-order valence-corrected chi connectivity index (χ3v) is 6.62. The maximum absolute atomic E-state index is 12.1. The summed E-state index contributed by atoms with van der Waals surface area (Å²) in [4.78, 5) is 35.3. The van der Waals surface area contributed by atoms with Gasteiger partial charge in [0.25, 0.3) is 5.91 Å². The van der Waals surface area contributed by atoms with Crippen LogP contribution in [0.15, 0.2) is 72.1 Å². The average Bonchev–Trinajstić information content (AvgIpc) is 3.52. The van der Waals surface area contributed by atoms with Crippen LogP contribution in [0.2, 0.25) is 0 Å². The summed E-state index contributed by atoms with van der Waals surface area (Å²) in [6.45, 7) is 0.535. The van der Waals surface area contributed by atoms with Gasteiger partial charge in [-0.15, -0.1) is 22.7 Å².